The maximum absolute atomic E-state index is 13.6. The maximum Gasteiger partial charge on any atom is 0.322 e. The van der Waals surface area contributed by atoms with Gasteiger partial charge in [-0.15, -0.1) is 0 Å². The number of nitrogens with zero attached hydrogens (tertiary/aromatic N) is 3. The van der Waals surface area contributed by atoms with E-state index in [1.807, 2.05) is 42.5 Å². The Morgan fingerprint density at radius 2 is 1.76 bits per heavy atom. The second-order valence-corrected chi connectivity index (χ2v) is 9.38. The molecular weight excluding hydrogens is 492 g/mol. The van der Waals surface area contributed by atoms with E-state index in [9.17, 15) is 9.59 Å². The highest BCUT2D eigenvalue weighted by atomic mass is 35.5. The van der Waals surface area contributed by atoms with Crippen molar-refractivity contribution in [2.24, 2.45) is 0 Å². The largest absolute Gasteiger partial charge is 0.467 e. The molecule has 196 valence electrons. The summed E-state index contributed by atoms with van der Waals surface area (Å²) in [4.78, 5) is 32.4. The second kappa shape index (κ2) is 13.8. The van der Waals surface area contributed by atoms with Crippen molar-refractivity contribution in [3.05, 3.63) is 89.3 Å². The summed E-state index contributed by atoms with van der Waals surface area (Å²) in [6, 6.07) is 20.3. The van der Waals surface area contributed by atoms with Crippen molar-refractivity contribution in [3.8, 4) is 0 Å². The Bertz CT molecular complexity index is 1120. The zero-order valence-corrected chi connectivity index (χ0v) is 21.6. The normalized spacial score (nSPS) is 13.8. The van der Waals surface area contributed by atoms with Gasteiger partial charge in [-0.05, 0) is 42.3 Å². The van der Waals surface area contributed by atoms with E-state index < -0.39 is 0 Å². The maximum atomic E-state index is 13.6. The minimum Gasteiger partial charge on any atom is -0.467 e. The highest BCUT2D eigenvalue weighted by Gasteiger charge is 2.23. The fourth-order valence-electron chi connectivity index (χ4n) is 4.16. The Morgan fingerprint density at radius 1 is 0.946 bits per heavy atom. The number of morpholine rings is 1. The molecule has 0 atom stereocenters. The molecule has 4 rings (SSSR count). The van der Waals surface area contributed by atoms with Gasteiger partial charge in [0.2, 0.25) is 5.91 Å². The molecule has 1 saturated heterocycles. The van der Waals surface area contributed by atoms with Crippen molar-refractivity contribution in [2.45, 2.75) is 13.0 Å². The number of carbonyl (C=O) groups excluding carboxylic acids is 2. The minimum atomic E-state index is -0.343. The van der Waals surface area contributed by atoms with Crippen molar-refractivity contribution in [3.63, 3.8) is 0 Å². The topological polar surface area (TPSA) is 78.3 Å². The lowest BCUT2D eigenvalue weighted by molar-refractivity contribution is -0.132. The highest BCUT2D eigenvalue weighted by molar-refractivity contribution is 6.30. The van der Waals surface area contributed by atoms with Crippen LogP contribution in [-0.4, -0.2) is 79.1 Å². The zero-order valence-electron chi connectivity index (χ0n) is 20.9. The van der Waals surface area contributed by atoms with Gasteiger partial charge in [-0.25, -0.2) is 4.79 Å². The van der Waals surface area contributed by atoms with Gasteiger partial charge < -0.3 is 24.3 Å². The van der Waals surface area contributed by atoms with E-state index in [0.717, 1.165) is 18.7 Å². The monoisotopic (exact) mass is 524 g/mol. The second-order valence-electron chi connectivity index (χ2n) is 8.95. The summed E-state index contributed by atoms with van der Waals surface area (Å²) < 4.78 is 11.0. The number of hydrogen-bond donors (Lipinski definition) is 1. The van der Waals surface area contributed by atoms with Crippen LogP contribution in [0, 0.1) is 0 Å². The first-order valence-electron chi connectivity index (χ1n) is 12.5. The lowest BCUT2D eigenvalue weighted by Crippen LogP contribution is -2.48. The lowest BCUT2D eigenvalue weighted by Gasteiger charge is -2.31. The van der Waals surface area contributed by atoms with Crippen molar-refractivity contribution in [1.29, 1.82) is 0 Å². The van der Waals surface area contributed by atoms with Crippen LogP contribution in [0.4, 0.5) is 10.5 Å². The molecule has 1 aromatic heterocycles. The van der Waals surface area contributed by atoms with Crippen LogP contribution < -0.4 is 5.32 Å². The van der Waals surface area contributed by atoms with Crippen LogP contribution in [0.15, 0.2) is 77.4 Å². The number of furan rings is 1. The molecule has 1 N–H and O–H groups in total. The summed E-state index contributed by atoms with van der Waals surface area (Å²) in [5, 5.41) is 3.42. The molecule has 2 aromatic carbocycles. The van der Waals surface area contributed by atoms with Crippen LogP contribution >= 0.6 is 11.6 Å². The number of carbonyl (C=O) groups is 2. The summed E-state index contributed by atoms with van der Waals surface area (Å²) in [5.74, 6) is 0.556. The minimum absolute atomic E-state index is 0.0494. The highest BCUT2D eigenvalue weighted by Crippen LogP contribution is 2.16. The molecule has 3 amide bonds. The smallest absolute Gasteiger partial charge is 0.322 e. The van der Waals surface area contributed by atoms with Crippen molar-refractivity contribution >= 4 is 29.2 Å². The average molecular weight is 525 g/mol. The number of ether oxygens (including phenoxy) is 1. The molecule has 3 aromatic rings. The van der Waals surface area contributed by atoms with Gasteiger partial charge in [0.05, 0.1) is 26.0 Å². The third kappa shape index (κ3) is 8.63. The summed E-state index contributed by atoms with van der Waals surface area (Å²) in [5.41, 5.74) is 1.72. The molecule has 0 radical (unpaired) electrons. The van der Waals surface area contributed by atoms with Gasteiger partial charge in [-0.2, -0.15) is 0 Å². The lowest BCUT2D eigenvalue weighted by atomic mass is 10.1. The van der Waals surface area contributed by atoms with Crippen molar-refractivity contribution in [1.82, 2.24) is 14.7 Å². The van der Waals surface area contributed by atoms with E-state index in [1.165, 1.54) is 0 Å². The number of amides is 3. The summed E-state index contributed by atoms with van der Waals surface area (Å²) >= 11 is 6.10. The fourth-order valence-corrected chi connectivity index (χ4v) is 4.35. The molecule has 9 heteroatoms. The summed E-state index contributed by atoms with van der Waals surface area (Å²) in [7, 11) is 0. The molecule has 0 bridgehead atoms. The van der Waals surface area contributed by atoms with E-state index >= 15 is 0 Å². The van der Waals surface area contributed by atoms with Crippen LogP contribution in [0.1, 0.15) is 11.3 Å². The Morgan fingerprint density at radius 3 is 2.49 bits per heavy atom. The molecule has 0 unspecified atom stereocenters. The Balaban J connectivity index is 1.45. The van der Waals surface area contributed by atoms with Gasteiger partial charge in [0.25, 0.3) is 0 Å². The van der Waals surface area contributed by atoms with E-state index in [1.54, 1.807) is 40.3 Å². The average Bonchev–Trinajstić information content (AvgIpc) is 3.43. The molecule has 0 saturated carbocycles. The van der Waals surface area contributed by atoms with Gasteiger partial charge >= 0.3 is 6.03 Å². The summed E-state index contributed by atoms with van der Waals surface area (Å²) in [6.45, 7) is 4.81. The molecule has 1 fully saturated rings. The molecule has 0 spiro atoms. The number of rotatable bonds is 11. The summed E-state index contributed by atoms with van der Waals surface area (Å²) in [6.07, 6.45) is 2.30. The van der Waals surface area contributed by atoms with E-state index in [-0.39, 0.29) is 18.5 Å². The van der Waals surface area contributed by atoms with Gasteiger partial charge in [-0.1, -0.05) is 48.0 Å². The number of benzene rings is 2. The van der Waals surface area contributed by atoms with Gasteiger partial charge in [-0.3, -0.25) is 9.69 Å². The quantitative estimate of drug-likeness (QED) is 0.403. The molecule has 37 heavy (non-hydrogen) atoms. The number of urea groups is 1. The van der Waals surface area contributed by atoms with E-state index in [4.69, 9.17) is 20.8 Å². The number of anilines is 1. The Labute approximate surface area is 222 Å². The molecule has 1 aliphatic rings. The third-order valence-corrected chi connectivity index (χ3v) is 6.51. The Kier molecular flexibility index (Phi) is 9.99. The van der Waals surface area contributed by atoms with Crippen molar-refractivity contribution < 1.29 is 18.7 Å². The molecule has 1 aliphatic heterocycles. The number of halogens is 1. The third-order valence-electron chi connectivity index (χ3n) is 6.27. The predicted molar refractivity (Wildman–Crippen MR) is 144 cm³/mol. The van der Waals surface area contributed by atoms with Crippen LogP contribution in [0.5, 0.6) is 0 Å². The standard InChI is InChI=1S/C28H33ClN4O4/c29-24-8-4-9-25(20-24)30-28(35)33(14-13-31-15-18-36-19-16-31)22-27(34)32(21-26-10-5-17-37-26)12-11-23-6-2-1-3-7-23/h1-10,17,20H,11-16,18-19,21-22H2,(H,30,35). The molecule has 2 heterocycles. The fraction of sp³-hybridized carbons (Fsp3) is 0.357. The van der Waals surface area contributed by atoms with E-state index in [2.05, 4.69) is 10.2 Å². The first kappa shape index (κ1) is 26.7. The van der Waals surface area contributed by atoms with Crippen LogP contribution in [-0.2, 0) is 22.5 Å². The molecular formula is C28H33ClN4O4. The number of nitrogens with one attached hydrogen (secondary N) is 1. The van der Waals surface area contributed by atoms with Crippen LogP contribution in [0.3, 0.4) is 0 Å². The zero-order chi connectivity index (χ0) is 25.9. The van der Waals surface area contributed by atoms with Crippen molar-refractivity contribution in [2.75, 3.05) is 57.8 Å². The molecule has 0 aliphatic carbocycles. The van der Waals surface area contributed by atoms with Gasteiger partial charge in [0.15, 0.2) is 0 Å². The van der Waals surface area contributed by atoms with Crippen LogP contribution in [0.2, 0.25) is 5.02 Å². The van der Waals surface area contributed by atoms with Gasteiger partial charge in [0, 0.05) is 43.4 Å². The first-order valence-corrected chi connectivity index (χ1v) is 12.9. The first-order chi connectivity index (χ1) is 18.1. The van der Waals surface area contributed by atoms with Crippen LogP contribution in [0.25, 0.3) is 0 Å². The predicted octanol–water partition coefficient (Wildman–Crippen LogP) is 4.37. The van der Waals surface area contributed by atoms with Gasteiger partial charge in [0.1, 0.15) is 12.3 Å². The van der Waals surface area contributed by atoms with E-state index in [0.29, 0.717) is 62.3 Å². The molecule has 8 nitrogen and oxygen atoms in total. The number of hydrogen-bond acceptors (Lipinski definition) is 5. The SMILES string of the molecule is O=C(CN(CCN1CCOCC1)C(=O)Nc1cccc(Cl)c1)N(CCc1ccccc1)Cc1ccco1. The Hall–Kier alpha value is -3.33.